The van der Waals surface area contributed by atoms with E-state index in [0.717, 1.165) is 28.8 Å². The van der Waals surface area contributed by atoms with Gasteiger partial charge in [0.25, 0.3) is 10.0 Å². The third-order valence-corrected chi connectivity index (χ3v) is 7.17. The summed E-state index contributed by atoms with van der Waals surface area (Å²) in [4.78, 5) is 17.5. The largest absolute Gasteiger partial charge is 0.310 e. The van der Waals surface area contributed by atoms with Gasteiger partial charge in [0.2, 0.25) is 11.9 Å². The zero-order valence-corrected chi connectivity index (χ0v) is 17.7. The van der Waals surface area contributed by atoms with E-state index >= 15 is 0 Å². The van der Waals surface area contributed by atoms with E-state index in [1.54, 1.807) is 25.3 Å². The van der Waals surface area contributed by atoms with Gasteiger partial charge in [0.1, 0.15) is 10.3 Å². The minimum Gasteiger partial charge on any atom is -0.310 e. The van der Waals surface area contributed by atoms with Crippen LogP contribution >= 0.6 is 11.3 Å². The minimum atomic E-state index is -3.76. The number of anilines is 1. The van der Waals surface area contributed by atoms with Crippen LogP contribution in [0.25, 0.3) is 11.0 Å². The molecule has 0 aliphatic rings. The molecule has 2 heterocycles. The third-order valence-electron chi connectivity index (χ3n) is 4.33. The van der Waals surface area contributed by atoms with E-state index in [9.17, 15) is 13.2 Å². The third kappa shape index (κ3) is 4.26. The molecule has 0 bridgehead atoms. The molecule has 150 valence electrons. The Balaban J connectivity index is 1.87. The summed E-state index contributed by atoms with van der Waals surface area (Å²) in [5, 5.41) is 4.51. The second-order valence-corrected chi connectivity index (χ2v) is 9.73. The highest BCUT2D eigenvalue weighted by Gasteiger charge is 2.30. The van der Waals surface area contributed by atoms with Crippen molar-refractivity contribution in [3.63, 3.8) is 0 Å². The smallest absolute Gasteiger partial charge is 0.250 e. The molecule has 9 heteroatoms. The lowest BCUT2D eigenvalue weighted by Gasteiger charge is -2.21. The van der Waals surface area contributed by atoms with Crippen LogP contribution in [-0.2, 0) is 21.4 Å². The number of para-hydroxylation sites is 2. The molecule has 3 rings (SSSR count). The predicted molar refractivity (Wildman–Crippen MR) is 112 cm³/mol. The molecular formula is C19H24N4O3S2. The van der Waals surface area contributed by atoms with Crippen molar-refractivity contribution >= 4 is 44.2 Å². The van der Waals surface area contributed by atoms with Gasteiger partial charge >= 0.3 is 0 Å². The molecule has 0 spiro atoms. The van der Waals surface area contributed by atoms with Crippen LogP contribution in [0.5, 0.6) is 0 Å². The molecule has 0 aliphatic carbocycles. The van der Waals surface area contributed by atoms with Gasteiger partial charge in [0.05, 0.1) is 11.0 Å². The van der Waals surface area contributed by atoms with Crippen molar-refractivity contribution in [2.45, 2.75) is 44.0 Å². The molecule has 1 aromatic carbocycles. The van der Waals surface area contributed by atoms with Crippen molar-refractivity contribution in [2.75, 3.05) is 5.32 Å². The Morgan fingerprint density at radius 2 is 1.96 bits per heavy atom. The molecule has 2 N–H and O–H groups in total. The summed E-state index contributed by atoms with van der Waals surface area (Å²) < 4.78 is 29.8. The zero-order chi connectivity index (χ0) is 20.3. The normalized spacial score (nSPS) is 13.1. The summed E-state index contributed by atoms with van der Waals surface area (Å²) in [7, 11) is -3.76. The molecule has 0 saturated heterocycles. The summed E-state index contributed by atoms with van der Waals surface area (Å²) in [6.45, 7) is 6.35. The van der Waals surface area contributed by atoms with Crippen LogP contribution in [0.1, 0.15) is 27.2 Å². The highest BCUT2D eigenvalue weighted by molar-refractivity contribution is 7.91. The molecule has 0 unspecified atom stereocenters. The fourth-order valence-corrected chi connectivity index (χ4v) is 5.30. The highest BCUT2D eigenvalue weighted by Crippen LogP contribution is 2.21. The van der Waals surface area contributed by atoms with E-state index < -0.39 is 22.0 Å². The summed E-state index contributed by atoms with van der Waals surface area (Å²) >= 11 is 1.11. The number of aromatic nitrogens is 2. The SMILES string of the molecule is CCCn1c(NC(=O)[C@@H](NS(=O)(=O)c2cccs2)C(C)C)nc2ccccc21. The summed E-state index contributed by atoms with van der Waals surface area (Å²) in [6, 6.07) is 9.92. The maximum absolute atomic E-state index is 12.9. The Hall–Kier alpha value is -2.23. The molecule has 0 saturated carbocycles. The van der Waals surface area contributed by atoms with Crippen LogP contribution in [0, 0.1) is 5.92 Å². The molecule has 0 aliphatic heterocycles. The number of aryl methyl sites for hydroxylation is 1. The maximum Gasteiger partial charge on any atom is 0.250 e. The fraction of sp³-hybridized carbons (Fsp3) is 0.368. The van der Waals surface area contributed by atoms with Gasteiger partial charge in [0.15, 0.2) is 0 Å². The van der Waals surface area contributed by atoms with E-state index in [1.807, 2.05) is 35.8 Å². The number of carbonyl (C=O) groups excluding carboxylic acids is 1. The topological polar surface area (TPSA) is 93.1 Å². The first-order valence-corrected chi connectivity index (χ1v) is 11.5. The zero-order valence-electron chi connectivity index (χ0n) is 16.0. The Bertz CT molecular complexity index is 1060. The van der Waals surface area contributed by atoms with Crippen molar-refractivity contribution in [1.82, 2.24) is 14.3 Å². The van der Waals surface area contributed by atoms with Crippen molar-refractivity contribution < 1.29 is 13.2 Å². The van der Waals surface area contributed by atoms with E-state index in [2.05, 4.69) is 15.0 Å². The first kappa shape index (κ1) is 20.5. The van der Waals surface area contributed by atoms with E-state index in [-0.39, 0.29) is 10.1 Å². The van der Waals surface area contributed by atoms with Gasteiger partial charge in [-0.3, -0.25) is 10.1 Å². The number of amides is 1. The summed E-state index contributed by atoms with van der Waals surface area (Å²) in [6.07, 6.45) is 0.877. The molecule has 0 radical (unpaired) electrons. The van der Waals surface area contributed by atoms with Gasteiger partial charge < -0.3 is 4.57 Å². The second kappa shape index (κ2) is 8.42. The van der Waals surface area contributed by atoms with E-state index in [0.29, 0.717) is 12.5 Å². The maximum atomic E-state index is 12.9. The summed E-state index contributed by atoms with van der Waals surface area (Å²) in [5.41, 5.74) is 1.71. The van der Waals surface area contributed by atoms with Crippen LogP contribution in [0.15, 0.2) is 46.0 Å². The van der Waals surface area contributed by atoms with Gasteiger partial charge in [-0.05, 0) is 35.9 Å². The molecule has 28 heavy (non-hydrogen) atoms. The van der Waals surface area contributed by atoms with Crippen LogP contribution in [0.2, 0.25) is 0 Å². The van der Waals surface area contributed by atoms with Crippen LogP contribution in [-0.4, -0.2) is 29.9 Å². The van der Waals surface area contributed by atoms with Gasteiger partial charge in [0, 0.05) is 6.54 Å². The highest BCUT2D eigenvalue weighted by atomic mass is 32.2. The molecule has 1 amide bonds. The van der Waals surface area contributed by atoms with Crippen molar-refractivity contribution in [1.29, 1.82) is 0 Å². The van der Waals surface area contributed by atoms with Crippen LogP contribution in [0.4, 0.5) is 5.95 Å². The number of carbonyl (C=O) groups is 1. The number of sulfonamides is 1. The van der Waals surface area contributed by atoms with Crippen molar-refractivity contribution in [2.24, 2.45) is 5.92 Å². The quantitative estimate of drug-likeness (QED) is 0.584. The number of benzene rings is 1. The number of hydrogen-bond donors (Lipinski definition) is 2. The molecule has 3 aromatic rings. The van der Waals surface area contributed by atoms with Crippen LogP contribution < -0.4 is 10.0 Å². The number of nitrogens with zero attached hydrogens (tertiary/aromatic N) is 2. The van der Waals surface area contributed by atoms with Crippen LogP contribution in [0.3, 0.4) is 0 Å². The number of rotatable bonds is 8. The standard InChI is InChI=1S/C19H24N4O3S2/c1-4-11-23-15-9-6-5-8-14(15)20-19(23)21-18(24)17(13(2)3)22-28(25,26)16-10-7-12-27-16/h5-10,12-13,17,22H,4,11H2,1-3H3,(H,20,21,24)/t17-/m0/s1. The lowest BCUT2D eigenvalue weighted by molar-refractivity contribution is -0.118. The second-order valence-electron chi connectivity index (χ2n) is 6.84. The number of fused-ring (bicyclic) bond motifs is 1. The molecule has 7 nitrogen and oxygen atoms in total. The average molecular weight is 421 g/mol. The molecule has 1 atom stereocenters. The first-order chi connectivity index (χ1) is 13.3. The Kier molecular flexibility index (Phi) is 6.17. The number of nitrogens with one attached hydrogen (secondary N) is 2. The number of hydrogen-bond acceptors (Lipinski definition) is 5. The number of thiophene rings is 1. The lowest BCUT2D eigenvalue weighted by Crippen LogP contribution is -2.47. The van der Waals surface area contributed by atoms with Gasteiger partial charge in [-0.25, -0.2) is 13.4 Å². The Labute approximate surface area is 168 Å². The van der Waals surface area contributed by atoms with Crippen molar-refractivity contribution in [3.05, 3.63) is 41.8 Å². The van der Waals surface area contributed by atoms with E-state index in [4.69, 9.17) is 0 Å². The van der Waals surface area contributed by atoms with Gasteiger partial charge in [-0.15, -0.1) is 11.3 Å². The Morgan fingerprint density at radius 3 is 2.61 bits per heavy atom. The molecule has 0 fully saturated rings. The number of imidazole rings is 1. The van der Waals surface area contributed by atoms with Crippen molar-refractivity contribution in [3.8, 4) is 0 Å². The summed E-state index contributed by atoms with van der Waals surface area (Å²) in [5.74, 6) is -0.240. The molecular weight excluding hydrogens is 396 g/mol. The minimum absolute atomic E-state index is 0.184. The first-order valence-electron chi connectivity index (χ1n) is 9.15. The molecule has 2 aromatic heterocycles. The predicted octanol–water partition coefficient (Wildman–Crippen LogP) is 3.45. The average Bonchev–Trinajstić information content (AvgIpc) is 3.29. The Morgan fingerprint density at radius 1 is 1.21 bits per heavy atom. The van der Waals surface area contributed by atoms with E-state index in [1.165, 1.54) is 6.07 Å². The monoisotopic (exact) mass is 420 g/mol. The fourth-order valence-electron chi connectivity index (χ4n) is 2.94. The lowest BCUT2D eigenvalue weighted by atomic mass is 10.1. The van der Waals surface area contributed by atoms with Gasteiger partial charge in [-0.2, -0.15) is 4.72 Å². The van der Waals surface area contributed by atoms with Gasteiger partial charge in [-0.1, -0.05) is 39.0 Å².